The van der Waals surface area contributed by atoms with Crippen molar-refractivity contribution in [2.24, 2.45) is 14.1 Å². The van der Waals surface area contributed by atoms with Gasteiger partial charge in [-0.25, -0.2) is 0 Å². The van der Waals surface area contributed by atoms with E-state index in [0.29, 0.717) is 30.1 Å². The monoisotopic (exact) mass is 761 g/mol. The lowest BCUT2D eigenvalue weighted by Gasteiger charge is -2.23. The maximum absolute atomic E-state index is 12.8. The summed E-state index contributed by atoms with van der Waals surface area (Å²) >= 11 is 0. The van der Waals surface area contributed by atoms with Crippen LogP contribution in [0, 0.1) is 0 Å². The summed E-state index contributed by atoms with van der Waals surface area (Å²) < 4.78 is 27.1. The molecule has 4 amide bonds. The molecule has 4 aromatic rings. The first-order valence-electron chi connectivity index (χ1n) is 17.8. The molecule has 1 atom stereocenters. The van der Waals surface area contributed by atoms with Crippen molar-refractivity contribution in [1.82, 2.24) is 34.6 Å². The van der Waals surface area contributed by atoms with Crippen molar-refractivity contribution >= 4 is 34.5 Å². The first-order chi connectivity index (χ1) is 26.4. The molecule has 1 saturated heterocycles. The Morgan fingerprint density at radius 2 is 1.56 bits per heavy atom. The Kier molecular flexibility index (Phi) is 13.6. The van der Waals surface area contributed by atoms with E-state index in [1.165, 1.54) is 22.9 Å². The van der Waals surface area contributed by atoms with E-state index < -0.39 is 29.3 Å². The highest BCUT2D eigenvalue weighted by Crippen LogP contribution is 2.38. The highest BCUT2D eigenvalue weighted by Gasteiger charge is 2.29. The minimum absolute atomic E-state index is 0.0874. The van der Waals surface area contributed by atoms with Crippen LogP contribution < -0.4 is 36.5 Å². The number of rotatable bonds is 18. The van der Waals surface area contributed by atoms with Crippen LogP contribution in [0.25, 0.3) is 22.0 Å². The Balaban J connectivity index is 0.998. The van der Waals surface area contributed by atoms with Crippen molar-refractivity contribution in [1.29, 1.82) is 0 Å². The summed E-state index contributed by atoms with van der Waals surface area (Å²) in [5.41, 5.74) is 2.72. The summed E-state index contributed by atoms with van der Waals surface area (Å²) in [5.74, 6) is -0.412. The number of hydrogen-bond donors (Lipinski definition) is 3. The first kappa shape index (κ1) is 40.4. The van der Waals surface area contributed by atoms with Gasteiger partial charge in [-0.15, -0.1) is 0 Å². The van der Waals surface area contributed by atoms with Gasteiger partial charge in [-0.3, -0.25) is 39.0 Å². The zero-order valence-electron chi connectivity index (χ0n) is 31.6. The molecule has 0 aliphatic carbocycles. The molecule has 17 nitrogen and oxygen atoms in total. The number of amides is 4. The summed E-state index contributed by atoms with van der Waals surface area (Å²) in [7, 11) is 8.54. The number of fused-ring (bicyclic) bond motifs is 1. The molecule has 1 aromatic carbocycles. The number of ether oxygens (including phenoxy) is 4. The van der Waals surface area contributed by atoms with Crippen molar-refractivity contribution in [2.75, 3.05) is 67.3 Å². The van der Waals surface area contributed by atoms with E-state index in [1.54, 1.807) is 32.0 Å². The van der Waals surface area contributed by atoms with Crippen LogP contribution in [0.15, 0.2) is 58.5 Å². The van der Waals surface area contributed by atoms with Gasteiger partial charge in [0.2, 0.25) is 17.7 Å². The number of carbonyl (C=O) groups is 4. The molecular formula is C38H47N7O10. The summed E-state index contributed by atoms with van der Waals surface area (Å²) in [4.78, 5) is 75.8. The van der Waals surface area contributed by atoms with Gasteiger partial charge < -0.3 is 43.3 Å². The van der Waals surface area contributed by atoms with E-state index in [2.05, 4.69) is 16.0 Å². The number of likely N-dealkylation sites (N-methyl/N-ethyl adjacent to an activating group) is 1. The van der Waals surface area contributed by atoms with Gasteiger partial charge in [-0.05, 0) is 43.3 Å². The smallest absolute Gasteiger partial charge is 0.274 e. The summed E-state index contributed by atoms with van der Waals surface area (Å²) in [6.45, 7) is 2.05. The Labute approximate surface area is 317 Å². The lowest BCUT2D eigenvalue weighted by atomic mass is 10.00. The Bertz CT molecular complexity index is 2150. The van der Waals surface area contributed by atoms with E-state index >= 15 is 0 Å². The number of hydrogen-bond acceptors (Lipinski definition) is 11. The van der Waals surface area contributed by atoms with E-state index in [4.69, 9.17) is 18.9 Å². The number of aromatic nitrogens is 3. The summed E-state index contributed by atoms with van der Waals surface area (Å²) in [5, 5.41) is 8.58. The highest BCUT2D eigenvalue weighted by atomic mass is 16.5. The van der Waals surface area contributed by atoms with Gasteiger partial charge in [0.1, 0.15) is 23.1 Å². The van der Waals surface area contributed by atoms with Crippen LogP contribution >= 0.6 is 0 Å². The predicted octanol–water partition coefficient (Wildman–Crippen LogP) is 0.712. The first-order valence-corrected chi connectivity index (χ1v) is 17.8. The fraction of sp³-hybridized carbons (Fsp3) is 0.421. The molecule has 4 heterocycles. The van der Waals surface area contributed by atoms with Crippen molar-refractivity contribution in [3.8, 4) is 22.6 Å². The maximum Gasteiger partial charge on any atom is 0.274 e. The largest absolute Gasteiger partial charge is 0.496 e. The van der Waals surface area contributed by atoms with Crippen LogP contribution in [-0.4, -0.2) is 110 Å². The average Bonchev–Trinajstić information content (AvgIpc) is 3.55. The molecule has 5 rings (SSSR count). The predicted molar refractivity (Wildman–Crippen MR) is 202 cm³/mol. The van der Waals surface area contributed by atoms with Crippen molar-refractivity contribution < 1.29 is 38.1 Å². The Morgan fingerprint density at radius 1 is 0.891 bits per heavy atom. The van der Waals surface area contributed by atoms with Crippen molar-refractivity contribution in [3.05, 3.63) is 80.8 Å². The number of imide groups is 1. The number of carbonyl (C=O) groups excluding carboxylic acids is 4. The second-order valence-corrected chi connectivity index (χ2v) is 13.1. The fourth-order valence-electron chi connectivity index (χ4n) is 6.41. The van der Waals surface area contributed by atoms with Gasteiger partial charge in [0.25, 0.3) is 17.0 Å². The number of piperidine rings is 1. The van der Waals surface area contributed by atoms with Gasteiger partial charge in [0, 0.05) is 75.8 Å². The average molecular weight is 762 g/mol. The molecule has 55 heavy (non-hydrogen) atoms. The summed E-state index contributed by atoms with van der Waals surface area (Å²) in [6.07, 6.45) is 5.27. The molecular weight excluding hydrogens is 714 g/mol. The number of pyridine rings is 2. The Hall–Kier alpha value is -5.78. The van der Waals surface area contributed by atoms with E-state index in [0.717, 1.165) is 22.1 Å². The SMILES string of the molecule is COc1cc(-c2cn(C)c(=O)c3c2ccn3C)cc(OC)c1CN(C)CC(=O)NCCOCCOCCNC(=O)c1ccc(=O)n(C2CCC(=O)NC2=O)c1. The summed E-state index contributed by atoms with van der Waals surface area (Å²) in [6, 6.07) is 7.46. The molecule has 1 aliphatic rings. The van der Waals surface area contributed by atoms with Crippen LogP contribution in [0.3, 0.4) is 0 Å². The second-order valence-electron chi connectivity index (χ2n) is 13.1. The third-order valence-corrected chi connectivity index (χ3v) is 9.19. The van der Waals surface area contributed by atoms with Crippen LogP contribution in [0.1, 0.15) is 34.8 Å². The maximum atomic E-state index is 12.8. The zero-order chi connectivity index (χ0) is 39.6. The number of aryl methyl sites for hydroxylation is 2. The third-order valence-electron chi connectivity index (χ3n) is 9.19. The normalized spacial score (nSPS) is 14.3. The molecule has 1 fully saturated rings. The molecule has 1 unspecified atom stereocenters. The van der Waals surface area contributed by atoms with E-state index in [9.17, 15) is 28.8 Å². The minimum Gasteiger partial charge on any atom is -0.496 e. The van der Waals surface area contributed by atoms with E-state index in [-0.39, 0.29) is 69.4 Å². The highest BCUT2D eigenvalue weighted by molar-refractivity contribution is 6.00. The molecule has 0 saturated carbocycles. The lowest BCUT2D eigenvalue weighted by Crippen LogP contribution is -2.44. The number of nitrogens with one attached hydrogen (secondary N) is 3. The van der Waals surface area contributed by atoms with E-state index in [1.807, 2.05) is 48.0 Å². The fourth-order valence-corrected chi connectivity index (χ4v) is 6.41. The zero-order valence-corrected chi connectivity index (χ0v) is 31.6. The molecule has 0 bridgehead atoms. The molecule has 1 aliphatic heterocycles. The third kappa shape index (κ3) is 9.86. The standard InChI is InChI=1S/C38H47N7O10/c1-42(21-28-30(52-4)18-25(19-31(28)53-5)27-22-44(3)38(51)35-26(27)10-13-43(35)2)23-33(47)39-11-14-54-16-17-55-15-12-40-36(49)24-6-9-34(48)45(20-24)29-7-8-32(46)41-37(29)50/h6,9-10,13,18-20,22,29H,7-8,11-12,14-17,21,23H2,1-5H3,(H,39,47)(H,40,49)(H,41,46,50). The van der Waals surface area contributed by atoms with Crippen molar-refractivity contribution in [3.63, 3.8) is 0 Å². The topological polar surface area (TPSA) is 193 Å². The number of nitrogens with zero attached hydrogens (tertiary/aromatic N) is 4. The molecule has 3 N–H and O–H groups in total. The molecule has 0 radical (unpaired) electrons. The van der Waals surface area contributed by atoms with Gasteiger partial charge in [-0.1, -0.05) is 0 Å². The van der Waals surface area contributed by atoms with Crippen LogP contribution in [0.4, 0.5) is 0 Å². The van der Waals surface area contributed by atoms with Gasteiger partial charge in [0.05, 0.1) is 58.3 Å². The lowest BCUT2D eigenvalue weighted by molar-refractivity contribution is -0.135. The minimum atomic E-state index is -0.858. The quantitative estimate of drug-likeness (QED) is 0.0956. The number of methoxy groups -OCH3 is 2. The molecule has 0 spiro atoms. The van der Waals surface area contributed by atoms with Gasteiger partial charge >= 0.3 is 0 Å². The van der Waals surface area contributed by atoms with Crippen LogP contribution in [-0.2, 0) is 44.5 Å². The van der Waals surface area contributed by atoms with Crippen molar-refractivity contribution in [2.45, 2.75) is 25.4 Å². The van der Waals surface area contributed by atoms with Gasteiger partial charge in [0.15, 0.2) is 0 Å². The van der Waals surface area contributed by atoms with Crippen LogP contribution in [0.2, 0.25) is 0 Å². The molecule has 17 heteroatoms. The Morgan fingerprint density at radius 3 is 2.22 bits per heavy atom. The van der Waals surface area contributed by atoms with Crippen LogP contribution in [0.5, 0.6) is 11.5 Å². The number of benzene rings is 1. The second kappa shape index (κ2) is 18.5. The molecule has 294 valence electrons. The molecule has 3 aromatic heterocycles. The van der Waals surface area contributed by atoms with Gasteiger partial charge in [-0.2, -0.15) is 0 Å².